The lowest BCUT2D eigenvalue weighted by molar-refractivity contribution is 0.353. The Kier molecular flexibility index (Phi) is 5.13. The first-order valence-electron chi connectivity index (χ1n) is 7.12. The van der Waals surface area contributed by atoms with Crippen molar-refractivity contribution >= 4 is 11.8 Å². The van der Waals surface area contributed by atoms with Crippen molar-refractivity contribution in [2.75, 3.05) is 5.75 Å². The quantitative estimate of drug-likeness (QED) is 0.515. The van der Waals surface area contributed by atoms with Crippen LogP contribution >= 0.6 is 11.8 Å². The fourth-order valence-electron chi connectivity index (χ4n) is 2.34. The molecule has 100 valence electrons. The Bertz CT molecular complexity index is 360. The van der Waals surface area contributed by atoms with E-state index in [1.807, 2.05) is 11.8 Å². The van der Waals surface area contributed by atoms with Gasteiger partial charge in [-0.3, -0.25) is 0 Å². The van der Waals surface area contributed by atoms with E-state index in [0.717, 1.165) is 6.42 Å². The minimum absolute atomic E-state index is 0.513. The van der Waals surface area contributed by atoms with E-state index in [1.165, 1.54) is 29.1 Å². The van der Waals surface area contributed by atoms with E-state index in [9.17, 15) is 0 Å². The van der Waals surface area contributed by atoms with Crippen LogP contribution in [0.5, 0.6) is 0 Å². The molecule has 2 heteroatoms. The monoisotopic (exact) mass is 264 g/mol. The number of benzene rings is 1. The maximum absolute atomic E-state index is 5.63. The van der Waals surface area contributed by atoms with Gasteiger partial charge in [0.25, 0.3) is 0 Å². The molecule has 0 spiro atoms. The predicted molar refractivity (Wildman–Crippen MR) is 79.4 cm³/mol. The zero-order chi connectivity index (χ0) is 13.0. The summed E-state index contributed by atoms with van der Waals surface area (Å²) in [6.07, 6.45) is 4.61. The molecule has 0 aromatic heterocycles. The molecule has 1 aliphatic heterocycles. The van der Waals surface area contributed by atoms with Crippen molar-refractivity contribution in [1.82, 2.24) is 0 Å². The van der Waals surface area contributed by atoms with Gasteiger partial charge < -0.3 is 4.74 Å². The van der Waals surface area contributed by atoms with E-state index >= 15 is 0 Å². The van der Waals surface area contributed by atoms with E-state index in [-0.39, 0.29) is 0 Å². The van der Waals surface area contributed by atoms with Crippen molar-refractivity contribution in [3.63, 3.8) is 0 Å². The van der Waals surface area contributed by atoms with Crippen LogP contribution in [0, 0.1) is 0 Å². The number of thioether (sulfide) groups is 1. The molecule has 2 rings (SSSR count). The van der Waals surface area contributed by atoms with Gasteiger partial charge in [0.05, 0.1) is 12.2 Å². The summed E-state index contributed by atoms with van der Waals surface area (Å²) < 4.78 is 5.63. The SMILES string of the molecule is CCCSc1ccc(C(C)CC2OC2CC)cc1. The van der Waals surface area contributed by atoms with Crippen LogP contribution in [0.15, 0.2) is 29.2 Å². The van der Waals surface area contributed by atoms with Crippen molar-refractivity contribution in [3.05, 3.63) is 29.8 Å². The maximum Gasteiger partial charge on any atom is 0.0847 e. The Morgan fingerprint density at radius 1 is 1.17 bits per heavy atom. The second-order valence-electron chi connectivity index (χ2n) is 5.18. The van der Waals surface area contributed by atoms with Crippen LogP contribution < -0.4 is 0 Å². The third-order valence-electron chi connectivity index (χ3n) is 3.60. The molecular weight excluding hydrogens is 240 g/mol. The summed E-state index contributed by atoms with van der Waals surface area (Å²) in [6.45, 7) is 6.74. The molecule has 1 heterocycles. The molecule has 0 radical (unpaired) electrons. The highest BCUT2D eigenvalue weighted by atomic mass is 32.2. The van der Waals surface area contributed by atoms with Gasteiger partial charge in [-0.05, 0) is 48.6 Å². The van der Waals surface area contributed by atoms with Gasteiger partial charge in [-0.2, -0.15) is 0 Å². The van der Waals surface area contributed by atoms with Crippen LogP contribution in [-0.2, 0) is 4.74 Å². The fourth-order valence-corrected chi connectivity index (χ4v) is 3.11. The topological polar surface area (TPSA) is 12.5 Å². The summed E-state index contributed by atoms with van der Waals surface area (Å²) in [6, 6.07) is 9.09. The summed E-state index contributed by atoms with van der Waals surface area (Å²) in [4.78, 5) is 1.39. The van der Waals surface area contributed by atoms with Crippen molar-refractivity contribution in [3.8, 4) is 0 Å². The molecule has 0 bridgehead atoms. The summed E-state index contributed by atoms with van der Waals surface area (Å²) in [5.74, 6) is 1.82. The van der Waals surface area contributed by atoms with E-state index in [4.69, 9.17) is 4.74 Å². The van der Waals surface area contributed by atoms with Gasteiger partial charge >= 0.3 is 0 Å². The molecule has 0 saturated carbocycles. The Labute approximate surface area is 115 Å². The summed E-state index contributed by atoms with van der Waals surface area (Å²) in [7, 11) is 0. The second-order valence-corrected chi connectivity index (χ2v) is 6.34. The predicted octanol–water partition coefficient (Wildman–Crippen LogP) is 4.86. The molecule has 3 atom stereocenters. The van der Waals surface area contributed by atoms with Crippen LogP contribution in [0.2, 0.25) is 0 Å². The lowest BCUT2D eigenvalue weighted by Gasteiger charge is -2.11. The van der Waals surface area contributed by atoms with Gasteiger partial charge in [0.2, 0.25) is 0 Å². The molecule has 0 aliphatic carbocycles. The minimum Gasteiger partial charge on any atom is -0.370 e. The molecule has 0 amide bonds. The first-order chi connectivity index (χ1) is 8.74. The fraction of sp³-hybridized carbons (Fsp3) is 0.625. The van der Waals surface area contributed by atoms with Crippen LogP contribution in [-0.4, -0.2) is 18.0 Å². The number of hydrogen-bond donors (Lipinski definition) is 0. The van der Waals surface area contributed by atoms with E-state index in [1.54, 1.807) is 0 Å². The number of rotatable bonds is 7. The van der Waals surface area contributed by atoms with Crippen molar-refractivity contribution in [2.24, 2.45) is 0 Å². The molecular formula is C16H24OS. The highest BCUT2D eigenvalue weighted by molar-refractivity contribution is 7.99. The standard InChI is InChI=1S/C16H24OS/c1-4-10-18-14-8-6-13(7-9-14)12(3)11-16-15(5-2)17-16/h6-9,12,15-16H,4-5,10-11H2,1-3H3. The van der Waals surface area contributed by atoms with E-state index in [0.29, 0.717) is 18.1 Å². The van der Waals surface area contributed by atoms with Crippen molar-refractivity contribution in [2.45, 2.75) is 63.1 Å². The third-order valence-corrected chi connectivity index (χ3v) is 4.82. The molecule has 1 fully saturated rings. The van der Waals surface area contributed by atoms with Gasteiger partial charge in [0, 0.05) is 4.90 Å². The number of ether oxygens (including phenoxy) is 1. The summed E-state index contributed by atoms with van der Waals surface area (Å²) >= 11 is 1.95. The molecule has 1 aliphatic rings. The van der Waals surface area contributed by atoms with Gasteiger partial charge in [0.15, 0.2) is 0 Å². The molecule has 1 nitrogen and oxygen atoms in total. The summed E-state index contributed by atoms with van der Waals surface area (Å²) in [5, 5.41) is 0. The van der Waals surface area contributed by atoms with Crippen LogP contribution in [0.25, 0.3) is 0 Å². The largest absolute Gasteiger partial charge is 0.370 e. The average Bonchev–Trinajstić information content (AvgIpc) is 3.15. The first-order valence-corrected chi connectivity index (χ1v) is 8.11. The average molecular weight is 264 g/mol. The van der Waals surface area contributed by atoms with Gasteiger partial charge in [-0.15, -0.1) is 11.8 Å². The second kappa shape index (κ2) is 6.63. The van der Waals surface area contributed by atoms with Gasteiger partial charge in [-0.1, -0.05) is 32.9 Å². The Morgan fingerprint density at radius 3 is 2.44 bits per heavy atom. The van der Waals surface area contributed by atoms with Crippen molar-refractivity contribution in [1.29, 1.82) is 0 Å². The first kappa shape index (κ1) is 14.0. The zero-order valence-corrected chi connectivity index (χ0v) is 12.5. The van der Waals surface area contributed by atoms with E-state index in [2.05, 4.69) is 45.0 Å². The Balaban J connectivity index is 1.84. The highest BCUT2D eigenvalue weighted by Crippen LogP contribution is 2.34. The smallest absolute Gasteiger partial charge is 0.0847 e. The molecule has 1 aromatic rings. The third kappa shape index (κ3) is 3.76. The molecule has 1 aromatic carbocycles. The normalized spacial score (nSPS) is 23.9. The van der Waals surface area contributed by atoms with Crippen molar-refractivity contribution < 1.29 is 4.74 Å². The van der Waals surface area contributed by atoms with Gasteiger partial charge in [-0.25, -0.2) is 0 Å². The lowest BCUT2D eigenvalue weighted by Crippen LogP contribution is -2.00. The van der Waals surface area contributed by atoms with Crippen LogP contribution in [0.1, 0.15) is 51.5 Å². The molecule has 18 heavy (non-hydrogen) atoms. The number of epoxide rings is 1. The minimum atomic E-state index is 0.513. The molecule has 1 saturated heterocycles. The zero-order valence-electron chi connectivity index (χ0n) is 11.7. The van der Waals surface area contributed by atoms with Crippen LogP contribution in [0.4, 0.5) is 0 Å². The lowest BCUT2D eigenvalue weighted by atomic mass is 9.95. The maximum atomic E-state index is 5.63. The van der Waals surface area contributed by atoms with E-state index < -0.39 is 0 Å². The Morgan fingerprint density at radius 2 is 1.89 bits per heavy atom. The van der Waals surface area contributed by atoms with Gasteiger partial charge in [0.1, 0.15) is 0 Å². The van der Waals surface area contributed by atoms with Crippen LogP contribution in [0.3, 0.4) is 0 Å². The number of hydrogen-bond acceptors (Lipinski definition) is 2. The highest BCUT2D eigenvalue weighted by Gasteiger charge is 2.37. The molecule has 3 unspecified atom stereocenters. The summed E-state index contributed by atoms with van der Waals surface area (Å²) in [5.41, 5.74) is 1.45. The Hall–Kier alpha value is -0.470. The molecule has 0 N–H and O–H groups in total.